The van der Waals surface area contributed by atoms with Gasteiger partial charge in [0.15, 0.2) is 0 Å². The summed E-state index contributed by atoms with van der Waals surface area (Å²) in [4.78, 5) is 24.7. The van der Waals surface area contributed by atoms with Crippen LogP contribution in [0.3, 0.4) is 0 Å². The maximum Gasteiger partial charge on any atom is 0.317 e. The van der Waals surface area contributed by atoms with Gasteiger partial charge in [-0.15, -0.1) is 0 Å². The first kappa shape index (κ1) is 16.0. The summed E-state index contributed by atoms with van der Waals surface area (Å²) in [6, 6.07) is 7.65. The Morgan fingerprint density at radius 3 is 2.79 bits per heavy atom. The highest BCUT2D eigenvalue weighted by molar-refractivity contribution is 5.74. The number of amides is 2. The van der Waals surface area contributed by atoms with Crippen molar-refractivity contribution >= 4 is 11.8 Å². The summed E-state index contributed by atoms with van der Waals surface area (Å²) in [7, 11) is 1.63. The monoisotopic (exact) mass is 327 g/mol. The Balaban J connectivity index is 1.48. The molecule has 7 nitrogen and oxygen atoms in total. The minimum absolute atomic E-state index is 0.0448. The Morgan fingerprint density at radius 2 is 2.08 bits per heavy atom. The molecule has 7 heteroatoms. The summed E-state index contributed by atoms with van der Waals surface area (Å²) < 4.78 is 5.19. The quantitative estimate of drug-likeness (QED) is 0.922. The van der Waals surface area contributed by atoms with Gasteiger partial charge in [0.1, 0.15) is 11.6 Å². The molecule has 0 saturated carbocycles. The molecule has 0 bridgehead atoms. The van der Waals surface area contributed by atoms with E-state index in [1.165, 1.54) is 0 Å². The summed E-state index contributed by atoms with van der Waals surface area (Å²) in [6.07, 6.45) is 5.09. The van der Waals surface area contributed by atoms with Gasteiger partial charge in [-0.2, -0.15) is 0 Å². The molecule has 1 fully saturated rings. The van der Waals surface area contributed by atoms with Gasteiger partial charge in [0.2, 0.25) is 0 Å². The number of benzene rings is 1. The molecule has 24 heavy (non-hydrogen) atoms. The lowest BCUT2D eigenvalue weighted by atomic mass is 10.2. The second kappa shape index (κ2) is 7.63. The molecular formula is C17H21N5O2. The molecule has 1 aliphatic rings. The number of urea groups is 1. The summed E-state index contributed by atoms with van der Waals surface area (Å²) >= 11 is 0. The first-order valence-electron chi connectivity index (χ1n) is 7.93. The van der Waals surface area contributed by atoms with E-state index in [2.05, 4.69) is 20.2 Å². The number of piperazine rings is 1. The summed E-state index contributed by atoms with van der Waals surface area (Å²) in [5, 5.41) is 2.96. The largest absolute Gasteiger partial charge is 0.497 e. The van der Waals surface area contributed by atoms with E-state index in [0.717, 1.165) is 30.2 Å². The van der Waals surface area contributed by atoms with Crippen LogP contribution in [0.4, 0.5) is 10.6 Å². The van der Waals surface area contributed by atoms with E-state index >= 15 is 0 Å². The molecular weight excluding hydrogens is 306 g/mol. The van der Waals surface area contributed by atoms with Crippen LogP contribution in [0, 0.1) is 0 Å². The Morgan fingerprint density at radius 1 is 1.25 bits per heavy atom. The zero-order valence-electron chi connectivity index (χ0n) is 13.7. The van der Waals surface area contributed by atoms with E-state index in [1.807, 2.05) is 29.2 Å². The van der Waals surface area contributed by atoms with Crippen LogP contribution in [0.15, 0.2) is 42.9 Å². The second-order valence-electron chi connectivity index (χ2n) is 5.55. The Labute approximate surface area is 141 Å². The van der Waals surface area contributed by atoms with E-state index in [0.29, 0.717) is 19.6 Å². The third kappa shape index (κ3) is 3.92. The highest BCUT2D eigenvalue weighted by atomic mass is 16.5. The van der Waals surface area contributed by atoms with Crippen molar-refractivity contribution in [2.24, 2.45) is 0 Å². The third-order valence-electron chi connectivity index (χ3n) is 4.02. The molecule has 3 rings (SSSR count). The standard InChI is InChI=1S/C17H21N5O2/c1-24-15-4-2-3-14(11-15)12-20-17(23)22-9-7-21(8-10-22)16-13-18-5-6-19-16/h2-6,11,13H,7-10,12H2,1H3,(H,20,23). The fourth-order valence-corrected chi connectivity index (χ4v) is 2.67. The van der Waals surface area contributed by atoms with Crippen molar-refractivity contribution in [3.63, 3.8) is 0 Å². The molecule has 0 atom stereocenters. The first-order valence-corrected chi connectivity index (χ1v) is 7.93. The molecule has 2 amide bonds. The topological polar surface area (TPSA) is 70.6 Å². The highest BCUT2D eigenvalue weighted by Gasteiger charge is 2.21. The van der Waals surface area contributed by atoms with Crippen LogP contribution in [0.25, 0.3) is 0 Å². The van der Waals surface area contributed by atoms with Crippen molar-refractivity contribution in [1.82, 2.24) is 20.2 Å². The lowest BCUT2D eigenvalue weighted by molar-refractivity contribution is 0.194. The Bertz CT molecular complexity index is 672. The lowest BCUT2D eigenvalue weighted by Crippen LogP contribution is -2.51. The molecule has 2 aromatic rings. The summed E-state index contributed by atoms with van der Waals surface area (Å²) in [5.74, 6) is 1.65. The lowest BCUT2D eigenvalue weighted by Gasteiger charge is -2.35. The molecule has 0 radical (unpaired) electrons. The number of nitrogens with one attached hydrogen (secondary N) is 1. The van der Waals surface area contributed by atoms with Gasteiger partial charge in [-0.1, -0.05) is 12.1 Å². The van der Waals surface area contributed by atoms with Gasteiger partial charge in [-0.05, 0) is 17.7 Å². The number of hydrogen-bond donors (Lipinski definition) is 1. The van der Waals surface area contributed by atoms with Crippen LogP contribution in [0.5, 0.6) is 5.75 Å². The van der Waals surface area contributed by atoms with Gasteiger partial charge >= 0.3 is 6.03 Å². The van der Waals surface area contributed by atoms with Crippen molar-refractivity contribution in [3.8, 4) is 5.75 Å². The highest BCUT2D eigenvalue weighted by Crippen LogP contribution is 2.13. The summed E-state index contributed by atoms with van der Waals surface area (Å²) in [5.41, 5.74) is 1.01. The molecule has 1 aliphatic heterocycles. The van der Waals surface area contributed by atoms with Crippen LogP contribution in [0.2, 0.25) is 0 Å². The van der Waals surface area contributed by atoms with Gasteiger partial charge in [0, 0.05) is 45.1 Å². The second-order valence-corrected chi connectivity index (χ2v) is 5.55. The average molecular weight is 327 g/mol. The van der Waals surface area contributed by atoms with Gasteiger partial charge in [0.05, 0.1) is 13.3 Å². The van der Waals surface area contributed by atoms with E-state index in [9.17, 15) is 4.79 Å². The van der Waals surface area contributed by atoms with Crippen molar-refractivity contribution in [1.29, 1.82) is 0 Å². The fraction of sp³-hybridized carbons (Fsp3) is 0.353. The van der Waals surface area contributed by atoms with Crippen LogP contribution >= 0.6 is 0 Å². The van der Waals surface area contributed by atoms with Gasteiger partial charge in [0.25, 0.3) is 0 Å². The zero-order chi connectivity index (χ0) is 16.8. The molecule has 0 spiro atoms. The predicted octanol–water partition coefficient (Wildman–Crippen LogP) is 1.52. The number of hydrogen-bond acceptors (Lipinski definition) is 5. The van der Waals surface area contributed by atoms with Crippen LogP contribution < -0.4 is 15.0 Å². The normalized spacial score (nSPS) is 14.4. The summed E-state index contributed by atoms with van der Waals surface area (Å²) in [6.45, 7) is 3.33. The van der Waals surface area contributed by atoms with Crippen molar-refractivity contribution in [3.05, 3.63) is 48.4 Å². The van der Waals surface area contributed by atoms with E-state index < -0.39 is 0 Å². The molecule has 2 heterocycles. The van der Waals surface area contributed by atoms with E-state index in [-0.39, 0.29) is 6.03 Å². The van der Waals surface area contributed by atoms with Gasteiger partial charge < -0.3 is 19.9 Å². The van der Waals surface area contributed by atoms with Crippen molar-refractivity contribution in [2.45, 2.75) is 6.54 Å². The number of nitrogens with zero attached hydrogens (tertiary/aromatic N) is 4. The van der Waals surface area contributed by atoms with Crippen LogP contribution in [0.1, 0.15) is 5.56 Å². The third-order valence-corrected chi connectivity index (χ3v) is 4.02. The van der Waals surface area contributed by atoms with Crippen LogP contribution in [-0.2, 0) is 6.54 Å². The number of ether oxygens (including phenoxy) is 1. The fourth-order valence-electron chi connectivity index (χ4n) is 2.67. The minimum atomic E-state index is -0.0448. The smallest absolute Gasteiger partial charge is 0.317 e. The maximum atomic E-state index is 12.3. The number of rotatable bonds is 4. The number of aromatic nitrogens is 2. The number of carbonyl (C=O) groups is 1. The first-order chi connectivity index (χ1) is 11.8. The molecule has 0 unspecified atom stereocenters. The molecule has 126 valence electrons. The molecule has 1 N–H and O–H groups in total. The molecule has 1 saturated heterocycles. The van der Waals surface area contributed by atoms with Crippen LogP contribution in [-0.4, -0.2) is 54.2 Å². The SMILES string of the molecule is COc1cccc(CNC(=O)N2CCN(c3cnccn3)CC2)c1. The van der Waals surface area contributed by atoms with Gasteiger partial charge in [-0.25, -0.2) is 9.78 Å². The number of carbonyl (C=O) groups excluding carboxylic acids is 1. The Kier molecular flexibility index (Phi) is 5.10. The van der Waals surface area contributed by atoms with Gasteiger partial charge in [-0.3, -0.25) is 4.98 Å². The number of methoxy groups -OCH3 is 1. The Hall–Kier alpha value is -2.83. The predicted molar refractivity (Wildman–Crippen MR) is 91.0 cm³/mol. The zero-order valence-corrected chi connectivity index (χ0v) is 13.7. The number of anilines is 1. The van der Waals surface area contributed by atoms with E-state index in [1.54, 1.807) is 25.7 Å². The van der Waals surface area contributed by atoms with Crippen molar-refractivity contribution < 1.29 is 9.53 Å². The maximum absolute atomic E-state index is 12.3. The van der Waals surface area contributed by atoms with E-state index in [4.69, 9.17) is 4.74 Å². The van der Waals surface area contributed by atoms with Crippen molar-refractivity contribution in [2.75, 3.05) is 38.2 Å². The minimum Gasteiger partial charge on any atom is -0.497 e. The molecule has 0 aliphatic carbocycles. The average Bonchev–Trinajstić information content (AvgIpc) is 2.67. The molecule has 1 aromatic heterocycles. The molecule has 1 aromatic carbocycles.